The van der Waals surface area contributed by atoms with Crippen molar-refractivity contribution in [2.24, 2.45) is 0 Å². The molecule has 2 aromatic heterocycles. The molecule has 0 aliphatic heterocycles. The monoisotopic (exact) mass is 344 g/mol. The van der Waals surface area contributed by atoms with E-state index in [0.29, 0.717) is 23.8 Å². The highest BCUT2D eigenvalue weighted by atomic mass is 32.1. The number of nitrogens with zero attached hydrogens (tertiary/aromatic N) is 3. The second-order valence-corrected chi connectivity index (χ2v) is 7.66. The van der Waals surface area contributed by atoms with Gasteiger partial charge in [-0.15, -0.1) is 11.3 Å². The van der Waals surface area contributed by atoms with E-state index in [-0.39, 0.29) is 5.91 Å². The van der Waals surface area contributed by atoms with Gasteiger partial charge in [-0.2, -0.15) is 0 Å². The van der Waals surface area contributed by atoms with Crippen molar-refractivity contribution in [1.29, 1.82) is 0 Å². The molecule has 0 radical (unpaired) electrons. The third-order valence-electron chi connectivity index (χ3n) is 4.33. The summed E-state index contributed by atoms with van der Waals surface area (Å²) in [5.41, 5.74) is 4.43. The van der Waals surface area contributed by atoms with E-state index < -0.39 is 0 Å². The van der Waals surface area contributed by atoms with Gasteiger partial charge in [0.1, 0.15) is 10.7 Å². The lowest BCUT2D eigenvalue weighted by Gasteiger charge is -2.07. The minimum atomic E-state index is -0.0465. The predicted molar refractivity (Wildman–Crippen MR) is 95.8 cm³/mol. The van der Waals surface area contributed by atoms with Crippen molar-refractivity contribution in [1.82, 2.24) is 20.3 Å². The van der Waals surface area contributed by atoms with E-state index in [0.717, 1.165) is 35.1 Å². The molecule has 2 heterocycles. The van der Waals surface area contributed by atoms with Crippen molar-refractivity contribution in [3.8, 4) is 0 Å². The third-order valence-corrected chi connectivity index (χ3v) is 5.79. The van der Waals surface area contributed by atoms with Crippen LogP contribution in [0.1, 0.15) is 69.3 Å². The van der Waals surface area contributed by atoms with Crippen molar-refractivity contribution < 1.29 is 4.79 Å². The number of rotatable bonds is 5. The first-order chi connectivity index (χ1) is 11.5. The lowest BCUT2D eigenvalue weighted by atomic mass is 10.2. The van der Waals surface area contributed by atoms with Crippen LogP contribution in [-0.4, -0.2) is 27.4 Å². The number of carbonyl (C=O) groups is 1. The van der Waals surface area contributed by atoms with E-state index in [1.54, 1.807) is 0 Å². The maximum atomic E-state index is 12.4. The normalized spacial score (nSPS) is 13.4. The summed E-state index contributed by atoms with van der Waals surface area (Å²) < 4.78 is 0. The van der Waals surface area contributed by atoms with Crippen LogP contribution < -0.4 is 5.32 Å². The Labute approximate surface area is 147 Å². The Bertz CT molecular complexity index is 767. The molecule has 0 saturated carbocycles. The van der Waals surface area contributed by atoms with Gasteiger partial charge in [-0.05, 0) is 38.7 Å². The van der Waals surface area contributed by atoms with Crippen molar-refractivity contribution >= 4 is 17.2 Å². The molecule has 1 aliphatic carbocycles. The summed E-state index contributed by atoms with van der Waals surface area (Å²) in [6.45, 7) is 8.68. The van der Waals surface area contributed by atoms with E-state index in [1.165, 1.54) is 29.0 Å². The average Bonchev–Trinajstić information content (AvgIpc) is 3.13. The molecule has 5 nitrogen and oxygen atoms in total. The first-order valence-electron chi connectivity index (χ1n) is 8.56. The largest absolute Gasteiger partial charge is 0.351 e. The lowest BCUT2D eigenvalue weighted by Crippen LogP contribution is -2.26. The Morgan fingerprint density at radius 2 is 1.96 bits per heavy atom. The second kappa shape index (κ2) is 6.97. The maximum absolute atomic E-state index is 12.4. The molecule has 0 fully saturated rings. The van der Waals surface area contributed by atoms with E-state index in [9.17, 15) is 4.79 Å². The van der Waals surface area contributed by atoms with Gasteiger partial charge in [-0.1, -0.05) is 13.8 Å². The van der Waals surface area contributed by atoms with Crippen molar-refractivity contribution in [2.45, 2.75) is 59.3 Å². The molecule has 0 atom stereocenters. The summed E-state index contributed by atoms with van der Waals surface area (Å²) in [7, 11) is 0. The Morgan fingerprint density at radius 1 is 1.17 bits per heavy atom. The molecule has 0 spiro atoms. The number of fused-ring (bicyclic) bond motifs is 1. The molecule has 1 amide bonds. The number of aryl methyl sites for hydroxylation is 3. The Balaban J connectivity index is 1.60. The molecular weight excluding hydrogens is 320 g/mol. The molecule has 0 aromatic carbocycles. The van der Waals surface area contributed by atoms with Crippen LogP contribution in [0.25, 0.3) is 0 Å². The summed E-state index contributed by atoms with van der Waals surface area (Å²) >= 11 is 1.49. The number of hydrogen-bond acceptors (Lipinski definition) is 5. The zero-order chi connectivity index (χ0) is 17.3. The summed E-state index contributed by atoms with van der Waals surface area (Å²) in [6, 6.07) is 0. The fraction of sp³-hybridized carbons (Fsp3) is 0.556. The summed E-state index contributed by atoms with van der Waals surface area (Å²) in [4.78, 5) is 26.8. The van der Waals surface area contributed by atoms with Crippen LogP contribution in [-0.2, 0) is 19.3 Å². The van der Waals surface area contributed by atoms with Gasteiger partial charge in [0, 0.05) is 30.3 Å². The standard InChI is InChI=1S/C18H24N4OS/c1-10(2)18-21-12(4)16(24-18)17(23)19-9-8-15-20-11(3)13-6-5-7-14(13)22-15/h10H,5-9H2,1-4H3,(H,19,23). The minimum Gasteiger partial charge on any atom is -0.351 e. The van der Waals surface area contributed by atoms with E-state index in [4.69, 9.17) is 0 Å². The van der Waals surface area contributed by atoms with Gasteiger partial charge in [0.15, 0.2) is 0 Å². The van der Waals surface area contributed by atoms with Crippen LogP contribution in [0, 0.1) is 13.8 Å². The topological polar surface area (TPSA) is 67.8 Å². The summed E-state index contributed by atoms with van der Waals surface area (Å²) in [5, 5.41) is 3.99. The van der Waals surface area contributed by atoms with Crippen LogP contribution in [0.4, 0.5) is 0 Å². The SMILES string of the molecule is Cc1nc(C(C)C)sc1C(=O)NCCc1nc(C)c2c(n1)CCC2. The highest BCUT2D eigenvalue weighted by Crippen LogP contribution is 2.24. The zero-order valence-corrected chi connectivity index (χ0v) is 15.6. The van der Waals surface area contributed by atoms with Crippen molar-refractivity contribution in [2.75, 3.05) is 6.54 Å². The predicted octanol–water partition coefficient (Wildman–Crippen LogP) is 3.13. The van der Waals surface area contributed by atoms with E-state index >= 15 is 0 Å². The minimum absolute atomic E-state index is 0.0465. The van der Waals surface area contributed by atoms with Crippen LogP contribution in [0.5, 0.6) is 0 Å². The zero-order valence-electron chi connectivity index (χ0n) is 14.8. The quantitative estimate of drug-likeness (QED) is 0.905. The number of nitrogens with one attached hydrogen (secondary N) is 1. The molecular formula is C18H24N4OS. The van der Waals surface area contributed by atoms with Gasteiger partial charge in [0.2, 0.25) is 0 Å². The number of aromatic nitrogens is 3. The highest BCUT2D eigenvalue weighted by molar-refractivity contribution is 7.13. The summed E-state index contributed by atoms with van der Waals surface area (Å²) in [6.07, 6.45) is 3.99. The maximum Gasteiger partial charge on any atom is 0.263 e. The van der Waals surface area contributed by atoms with Gasteiger partial charge in [0.05, 0.1) is 10.7 Å². The molecule has 3 rings (SSSR count). The first-order valence-corrected chi connectivity index (χ1v) is 9.38. The molecule has 6 heteroatoms. The smallest absolute Gasteiger partial charge is 0.263 e. The number of thiazole rings is 1. The van der Waals surface area contributed by atoms with E-state index in [2.05, 4.69) is 41.0 Å². The van der Waals surface area contributed by atoms with Gasteiger partial charge in [0.25, 0.3) is 5.91 Å². The fourth-order valence-electron chi connectivity index (χ4n) is 3.04. The van der Waals surface area contributed by atoms with Crippen LogP contribution in [0.15, 0.2) is 0 Å². The highest BCUT2D eigenvalue weighted by Gasteiger charge is 2.18. The van der Waals surface area contributed by atoms with Gasteiger partial charge < -0.3 is 5.32 Å². The molecule has 2 aromatic rings. The average molecular weight is 344 g/mol. The number of hydrogen-bond donors (Lipinski definition) is 1. The molecule has 128 valence electrons. The molecule has 0 unspecified atom stereocenters. The summed E-state index contributed by atoms with van der Waals surface area (Å²) in [5.74, 6) is 1.13. The van der Waals surface area contributed by atoms with Crippen molar-refractivity contribution in [3.63, 3.8) is 0 Å². The third kappa shape index (κ3) is 3.48. The van der Waals surface area contributed by atoms with E-state index in [1.807, 2.05) is 6.92 Å². The van der Waals surface area contributed by atoms with Gasteiger partial charge in [-0.25, -0.2) is 15.0 Å². The van der Waals surface area contributed by atoms with Crippen molar-refractivity contribution in [3.05, 3.63) is 38.4 Å². The Hall–Kier alpha value is -1.82. The molecule has 24 heavy (non-hydrogen) atoms. The number of amides is 1. The second-order valence-electron chi connectivity index (χ2n) is 6.63. The molecule has 1 aliphatic rings. The van der Waals surface area contributed by atoms with Gasteiger partial charge in [-0.3, -0.25) is 4.79 Å². The van der Waals surface area contributed by atoms with Crippen LogP contribution >= 0.6 is 11.3 Å². The lowest BCUT2D eigenvalue weighted by molar-refractivity contribution is 0.0957. The van der Waals surface area contributed by atoms with Gasteiger partial charge >= 0.3 is 0 Å². The van der Waals surface area contributed by atoms with Crippen LogP contribution in [0.3, 0.4) is 0 Å². The first kappa shape index (κ1) is 17.0. The van der Waals surface area contributed by atoms with Crippen LogP contribution in [0.2, 0.25) is 0 Å². The fourth-order valence-corrected chi connectivity index (χ4v) is 4.02. The Morgan fingerprint density at radius 3 is 2.67 bits per heavy atom. The molecule has 0 bridgehead atoms. The Kier molecular flexibility index (Phi) is 4.94. The molecule has 0 saturated heterocycles. The molecule has 1 N–H and O–H groups in total. The number of carbonyl (C=O) groups excluding carboxylic acids is 1.